The van der Waals surface area contributed by atoms with Crippen LogP contribution in [0.1, 0.15) is 44.9 Å². The number of aromatic nitrogens is 1. The highest BCUT2D eigenvalue weighted by Gasteiger charge is 2.33. The van der Waals surface area contributed by atoms with Crippen molar-refractivity contribution in [3.05, 3.63) is 89.0 Å². The number of benzene rings is 2. The molecule has 0 bridgehead atoms. The number of hydrogen-bond donors (Lipinski definition) is 1. The molecule has 4 rings (SSSR count). The first-order chi connectivity index (χ1) is 17.3. The van der Waals surface area contributed by atoms with Gasteiger partial charge in [-0.15, -0.1) is 0 Å². The molecule has 36 heavy (non-hydrogen) atoms. The first kappa shape index (κ1) is 25.9. The van der Waals surface area contributed by atoms with Crippen molar-refractivity contribution in [1.82, 2.24) is 4.57 Å². The van der Waals surface area contributed by atoms with Gasteiger partial charge in [-0.2, -0.15) is 0 Å². The lowest BCUT2D eigenvalue weighted by Gasteiger charge is -2.24. The van der Waals surface area contributed by atoms with Gasteiger partial charge in [0.15, 0.2) is 4.80 Å². The standard InChI is InChI=1S/C27H28BrN3O4S/c1-5-30(6-2)20-13-10-18(21(32)15-20)14-22-25(33)31-24(17-8-11-19(28)12-9-17)23(26(34)35-7-3)16(4)29-27(31)36-22/h8-15,24,32H,5-7H2,1-4H3/b22-14-/t24-/m0/s1. The highest BCUT2D eigenvalue weighted by molar-refractivity contribution is 9.10. The summed E-state index contributed by atoms with van der Waals surface area (Å²) in [5, 5.41) is 10.7. The molecule has 9 heteroatoms. The fraction of sp³-hybridized carbons (Fsp3) is 0.296. The Morgan fingerprint density at radius 3 is 2.50 bits per heavy atom. The van der Waals surface area contributed by atoms with E-state index < -0.39 is 12.0 Å². The molecular formula is C27H28BrN3O4S. The quantitative estimate of drug-likeness (QED) is 0.433. The number of fused-ring (bicyclic) bond motifs is 1. The number of carbonyl (C=O) groups excluding carboxylic acids is 1. The normalized spacial score (nSPS) is 15.5. The lowest BCUT2D eigenvalue weighted by atomic mass is 9.96. The van der Waals surface area contributed by atoms with Crippen molar-refractivity contribution in [1.29, 1.82) is 0 Å². The van der Waals surface area contributed by atoms with Crippen molar-refractivity contribution >= 4 is 45.0 Å². The second kappa shape index (κ2) is 10.8. The molecule has 1 aliphatic heterocycles. The zero-order valence-corrected chi connectivity index (χ0v) is 23.0. The molecule has 1 aliphatic rings. The third-order valence-electron chi connectivity index (χ3n) is 6.13. The zero-order valence-electron chi connectivity index (χ0n) is 20.6. The maximum Gasteiger partial charge on any atom is 0.338 e. The Morgan fingerprint density at radius 1 is 1.19 bits per heavy atom. The molecule has 2 heterocycles. The Hall–Kier alpha value is -3.17. The van der Waals surface area contributed by atoms with Gasteiger partial charge >= 0.3 is 5.97 Å². The van der Waals surface area contributed by atoms with Crippen LogP contribution in [0.3, 0.4) is 0 Å². The number of anilines is 1. The summed E-state index contributed by atoms with van der Waals surface area (Å²) in [6.45, 7) is 9.49. The van der Waals surface area contributed by atoms with E-state index in [1.807, 2.05) is 36.4 Å². The number of rotatable bonds is 7. The van der Waals surface area contributed by atoms with E-state index in [4.69, 9.17) is 4.74 Å². The van der Waals surface area contributed by atoms with Crippen LogP contribution in [0, 0.1) is 0 Å². The third-order valence-corrected chi connectivity index (χ3v) is 7.64. The summed E-state index contributed by atoms with van der Waals surface area (Å²) in [7, 11) is 0. The predicted molar refractivity (Wildman–Crippen MR) is 146 cm³/mol. The number of halogens is 1. The molecule has 7 nitrogen and oxygen atoms in total. The van der Waals surface area contributed by atoms with Crippen molar-refractivity contribution in [2.75, 3.05) is 24.6 Å². The molecule has 3 aromatic rings. The van der Waals surface area contributed by atoms with Gasteiger partial charge in [0.2, 0.25) is 0 Å². The molecule has 0 fully saturated rings. The predicted octanol–water partition coefficient (Wildman–Crippen LogP) is 4.11. The number of carbonyl (C=O) groups is 1. The Labute approximate surface area is 221 Å². The van der Waals surface area contributed by atoms with E-state index in [-0.39, 0.29) is 17.9 Å². The largest absolute Gasteiger partial charge is 0.507 e. The van der Waals surface area contributed by atoms with Crippen LogP contribution in [-0.4, -0.2) is 35.3 Å². The van der Waals surface area contributed by atoms with Gasteiger partial charge in [0, 0.05) is 34.9 Å². The maximum atomic E-state index is 13.7. The summed E-state index contributed by atoms with van der Waals surface area (Å²) in [4.78, 5) is 33.9. The summed E-state index contributed by atoms with van der Waals surface area (Å²) < 4.78 is 8.17. The second-order valence-corrected chi connectivity index (χ2v) is 10.2. The fourth-order valence-electron chi connectivity index (χ4n) is 4.33. The summed E-state index contributed by atoms with van der Waals surface area (Å²) in [5.41, 5.74) is 2.80. The SMILES string of the molecule is CCOC(=O)C1=C(C)N=c2s/c(=C\c3ccc(N(CC)CC)cc3O)c(=O)n2[C@H]1c1ccc(Br)cc1. The van der Waals surface area contributed by atoms with Crippen LogP contribution < -0.4 is 19.8 Å². The molecule has 1 atom stereocenters. The Bertz CT molecular complexity index is 1500. The average Bonchev–Trinajstić information content (AvgIpc) is 3.15. The first-order valence-corrected chi connectivity index (χ1v) is 13.4. The molecule has 2 aromatic carbocycles. The van der Waals surface area contributed by atoms with Crippen molar-refractivity contribution in [2.24, 2.45) is 4.99 Å². The van der Waals surface area contributed by atoms with Crippen LogP contribution in [0.4, 0.5) is 5.69 Å². The fourth-order valence-corrected chi connectivity index (χ4v) is 5.63. The number of esters is 1. The van der Waals surface area contributed by atoms with Crippen LogP contribution in [0.15, 0.2) is 68.0 Å². The molecule has 0 aliphatic carbocycles. The third kappa shape index (κ3) is 4.90. The number of ether oxygens (including phenoxy) is 1. The van der Waals surface area contributed by atoms with E-state index in [9.17, 15) is 14.7 Å². The van der Waals surface area contributed by atoms with Crippen LogP contribution in [-0.2, 0) is 9.53 Å². The van der Waals surface area contributed by atoms with Gasteiger partial charge in [0.1, 0.15) is 5.75 Å². The molecule has 188 valence electrons. The summed E-state index contributed by atoms with van der Waals surface area (Å²) >= 11 is 4.68. The summed E-state index contributed by atoms with van der Waals surface area (Å²) in [6, 6.07) is 12.3. The number of aromatic hydroxyl groups is 1. The molecule has 0 saturated heterocycles. The number of phenolic OH excluding ortho intramolecular Hbond substituents is 1. The molecule has 0 saturated carbocycles. The molecule has 1 aromatic heterocycles. The van der Waals surface area contributed by atoms with Crippen LogP contribution in [0.25, 0.3) is 6.08 Å². The lowest BCUT2D eigenvalue weighted by Crippen LogP contribution is -2.39. The van der Waals surface area contributed by atoms with Crippen molar-refractivity contribution in [3.63, 3.8) is 0 Å². The molecular weight excluding hydrogens is 542 g/mol. The second-order valence-electron chi connectivity index (χ2n) is 8.27. The molecule has 0 unspecified atom stereocenters. The number of hydrogen-bond acceptors (Lipinski definition) is 7. The van der Waals surface area contributed by atoms with Crippen LogP contribution >= 0.6 is 27.3 Å². The number of allylic oxidation sites excluding steroid dienone is 1. The minimum Gasteiger partial charge on any atom is -0.507 e. The first-order valence-electron chi connectivity index (χ1n) is 11.8. The highest BCUT2D eigenvalue weighted by atomic mass is 79.9. The smallest absolute Gasteiger partial charge is 0.338 e. The van der Waals surface area contributed by atoms with E-state index in [1.54, 1.807) is 30.6 Å². The van der Waals surface area contributed by atoms with Gasteiger partial charge in [-0.25, -0.2) is 9.79 Å². The van der Waals surface area contributed by atoms with E-state index >= 15 is 0 Å². The highest BCUT2D eigenvalue weighted by Crippen LogP contribution is 2.31. The Balaban J connectivity index is 1.88. The van der Waals surface area contributed by atoms with Crippen LogP contribution in [0.5, 0.6) is 5.75 Å². The lowest BCUT2D eigenvalue weighted by molar-refractivity contribution is -0.139. The van der Waals surface area contributed by atoms with Gasteiger partial charge in [0.05, 0.1) is 28.5 Å². The molecule has 0 spiro atoms. The van der Waals surface area contributed by atoms with E-state index in [1.165, 1.54) is 11.3 Å². The van der Waals surface area contributed by atoms with Gasteiger partial charge in [-0.05, 0) is 63.6 Å². The summed E-state index contributed by atoms with van der Waals surface area (Å²) in [5.74, 6) is -0.399. The Kier molecular flexibility index (Phi) is 7.80. The van der Waals surface area contributed by atoms with Crippen molar-refractivity contribution < 1.29 is 14.6 Å². The average molecular weight is 571 g/mol. The number of phenols is 1. The van der Waals surface area contributed by atoms with E-state index in [0.29, 0.717) is 26.2 Å². The van der Waals surface area contributed by atoms with Crippen LogP contribution in [0.2, 0.25) is 0 Å². The molecule has 0 amide bonds. The molecule has 0 radical (unpaired) electrons. The monoisotopic (exact) mass is 569 g/mol. The maximum absolute atomic E-state index is 13.7. The minimum atomic E-state index is -0.672. The topological polar surface area (TPSA) is 84.1 Å². The number of thiazole rings is 1. The Morgan fingerprint density at radius 2 is 1.89 bits per heavy atom. The van der Waals surface area contributed by atoms with E-state index in [0.717, 1.165) is 28.8 Å². The van der Waals surface area contributed by atoms with Crippen molar-refractivity contribution in [2.45, 2.75) is 33.7 Å². The van der Waals surface area contributed by atoms with Crippen molar-refractivity contribution in [3.8, 4) is 5.75 Å². The van der Waals surface area contributed by atoms with Gasteiger partial charge in [-0.3, -0.25) is 9.36 Å². The zero-order chi connectivity index (χ0) is 26.0. The van der Waals surface area contributed by atoms with Gasteiger partial charge in [0.25, 0.3) is 5.56 Å². The molecule has 1 N–H and O–H groups in total. The van der Waals surface area contributed by atoms with Gasteiger partial charge in [-0.1, -0.05) is 39.4 Å². The minimum absolute atomic E-state index is 0.0955. The number of nitrogens with zero attached hydrogens (tertiary/aromatic N) is 3. The van der Waals surface area contributed by atoms with Gasteiger partial charge < -0.3 is 14.7 Å². The summed E-state index contributed by atoms with van der Waals surface area (Å²) in [6.07, 6.45) is 1.67. The van der Waals surface area contributed by atoms with E-state index in [2.05, 4.69) is 39.7 Å².